The van der Waals surface area contributed by atoms with E-state index in [1.807, 2.05) is 12.1 Å². The van der Waals surface area contributed by atoms with E-state index in [1.54, 1.807) is 6.92 Å². The minimum Gasteiger partial charge on any atom is -0.311 e. The van der Waals surface area contributed by atoms with E-state index in [9.17, 15) is 9.59 Å². The summed E-state index contributed by atoms with van der Waals surface area (Å²) in [4.78, 5) is 30.7. The number of nitrogens with zero attached hydrogens (tertiary/aromatic N) is 1. The largest absolute Gasteiger partial charge is 0.325 e. The predicted molar refractivity (Wildman–Crippen MR) is 87.1 cm³/mol. The van der Waals surface area contributed by atoms with Gasteiger partial charge < -0.3 is 4.98 Å². The predicted octanol–water partition coefficient (Wildman–Crippen LogP) is 2.20. The van der Waals surface area contributed by atoms with Crippen molar-refractivity contribution in [2.75, 3.05) is 13.1 Å². The van der Waals surface area contributed by atoms with E-state index in [0.717, 1.165) is 18.7 Å². The van der Waals surface area contributed by atoms with E-state index in [2.05, 4.69) is 33.9 Å². The standard InChI is InChI=1S/C17H21N3O2/c1-11-15(16(21)19-17(22)18-11)14-7-5-13(6-8-14)12(2)20-9-3-4-10-20/h5-8,12H,3-4,9-10H2,1-2H3,(H2,18,19,21,22)/t12-/m1/s1. The molecule has 0 aliphatic carbocycles. The lowest BCUT2D eigenvalue weighted by atomic mass is 10.0. The second kappa shape index (κ2) is 5.93. The normalized spacial score (nSPS) is 16.8. The Labute approximate surface area is 129 Å². The minimum atomic E-state index is -0.467. The second-order valence-electron chi connectivity index (χ2n) is 5.95. The third-order valence-corrected chi connectivity index (χ3v) is 4.50. The van der Waals surface area contributed by atoms with Crippen molar-refractivity contribution in [3.63, 3.8) is 0 Å². The first kappa shape index (κ1) is 14.8. The number of rotatable bonds is 3. The lowest BCUT2D eigenvalue weighted by Gasteiger charge is -2.24. The maximum atomic E-state index is 12.0. The fourth-order valence-corrected chi connectivity index (χ4v) is 3.22. The molecule has 0 unspecified atom stereocenters. The van der Waals surface area contributed by atoms with E-state index < -0.39 is 5.69 Å². The van der Waals surface area contributed by atoms with E-state index in [1.165, 1.54) is 18.4 Å². The number of H-pyrrole nitrogens is 2. The van der Waals surface area contributed by atoms with Gasteiger partial charge in [-0.15, -0.1) is 0 Å². The number of aromatic nitrogens is 2. The van der Waals surface area contributed by atoms with Gasteiger partial charge in [0.1, 0.15) is 0 Å². The summed E-state index contributed by atoms with van der Waals surface area (Å²) >= 11 is 0. The first-order valence-electron chi connectivity index (χ1n) is 7.74. The van der Waals surface area contributed by atoms with Crippen molar-refractivity contribution >= 4 is 0 Å². The van der Waals surface area contributed by atoms with Crippen LogP contribution in [-0.4, -0.2) is 28.0 Å². The summed E-state index contributed by atoms with van der Waals surface area (Å²) in [5.41, 5.74) is 2.39. The Morgan fingerprint density at radius 1 is 1.05 bits per heavy atom. The van der Waals surface area contributed by atoms with Crippen LogP contribution in [-0.2, 0) is 0 Å². The number of aromatic amines is 2. The molecule has 2 aromatic rings. The molecule has 1 aliphatic rings. The highest BCUT2D eigenvalue weighted by atomic mass is 16.2. The number of benzene rings is 1. The van der Waals surface area contributed by atoms with Crippen molar-refractivity contribution in [3.05, 3.63) is 56.4 Å². The zero-order valence-corrected chi connectivity index (χ0v) is 13.0. The molecular formula is C17H21N3O2. The molecule has 1 fully saturated rings. The maximum Gasteiger partial charge on any atom is 0.325 e. The number of nitrogens with one attached hydrogen (secondary N) is 2. The third kappa shape index (κ3) is 2.76. The van der Waals surface area contributed by atoms with Crippen molar-refractivity contribution in [1.82, 2.24) is 14.9 Å². The molecule has 0 spiro atoms. The molecule has 0 amide bonds. The average Bonchev–Trinajstić information content (AvgIpc) is 3.00. The molecule has 1 atom stereocenters. The number of likely N-dealkylation sites (tertiary alicyclic amines) is 1. The van der Waals surface area contributed by atoms with Crippen molar-refractivity contribution in [2.45, 2.75) is 32.7 Å². The molecule has 0 bridgehead atoms. The molecule has 5 heteroatoms. The van der Waals surface area contributed by atoms with E-state index in [-0.39, 0.29) is 5.56 Å². The molecule has 1 aromatic heterocycles. The number of hydrogen-bond donors (Lipinski definition) is 2. The Hall–Kier alpha value is -2.14. The van der Waals surface area contributed by atoms with Crippen LogP contribution in [0, 0.1) is 6.92 Å². The van der Waals surface area contributed by atoms with Crippen LogP contribution in [0.3, 0.4) is 0 Å². The molecule has 5 nitrogen and oxygen atoms in total. The second-order valence-corrected chi connectivity index (χ2v) is 5.95. The molecule has 0 radical (unpaired) electrons. The molecule has 1 aliphatic heterocycles. The molecule has 0 saturated carbocycles. The lowest BCUT2D eigenvalue weighted by Crippen LogP contribution is -2.25. The first-order chi connectivity index (χ1) is 10.6. The number of hydrogen-bond acceptors (Lipinski definition) is 3. The summed E-state index contributed by atoms with van der Waals surface area (Å²) in [5.74, 6) is 0. The van der Waals surface area contributed by atoms with Gasteiger partial charge in [0, 0.05) is 11.7 Å². The highest BCUT2D eigenvalue weighted by Crippen LogP contribution is 2.26. The molecule has 2 heterocycles. The highest BCUT2D eigenvalue weighted by molar-refractivity contribution is 5.64. The molecular weight excluding hydrogens is 278 g/mol. The first-order valence-corrected chi connectivity index (χ1v) is 7.74. The lowest BCUT2D eigenvalue weighted by molar-refractivity contribution is 0.263. The van der Waals surface area contributed by atoms with Crippen LogP contribution < -0.4 is 11.2 Å². The van der Waals surface area contributed by atoms with Crippen LogP contribution in [0.4, 0.5) is 0 Å². The summed E-state index contributed by atoms with van der Waals surface area (Å²) in [6, 6.07) is 8.45. The minimum absolute atomic E-state index is 0.346. The van der Waals surface area contributed by atoms with Crippen LogP contribution >= 0.6 is 0 Å². The van der Waals surface area contributed by atoms with Gasteiger partial charge in [0.15, 0.2) is 0 Å². The maximum absolute atomic E-state index is 12.0. The Balaban J connectivity index is 1.92. The van der Waals surface area contributed by atoms with Gasteiger partial charge in [-0.05, 0) is 50.9 Å². The van der Waals surface area contributed by atoms with Crippen LogP contribution in [0.5, 0.6) is 0 Å². The Bertz CT molecular complexity index is 768. The molecule has 116 valence electrons. The summed E-state index contributed by atoms with van der Waals surface area (Å²) in [6.07, 6.45) is 2.54. The summed E-state index contributed by atoms with van der Waals surface area (Å²) in [5, 5.41) is 0. The molecule has 2 N–H and O–H groups in total. The van der Waals surface area contributed by atoms with Crippen molar-refractivity contribution in [2.24, 2.45) is 0 Å². The van der Waals surface area contributed by atoms with Gasteiger partial charge in [-0.3, -0.25) is 14.7 Å². The third-order valence-electron chi connectivity index (χ3n) is 4.50. The Kier molecular flexibility index (Phi) is 3.98. The van der Waals surface area contributed by atoms with Crippen LogP contribution in [0.25, 0.3) is 11.1 Å². The van der Waals surface area contributed by atoms with Crippen LogP contribution in [0.1, 0.15) is 37.1 Å². The fraction of sp³-hybridized carbons (Fsp3) is 0.412. The number of aryl methyl sites for hydroxylation is 1. The van der Waals surface area contributed by atoms with Gasteiger partial charge in [0.05, 0.1) is 5.56 Å². The molecule has 3 rings (SSSR count). The fourth-order valence-electron chi connectivity index (χ4n) is 3.22. The van der Waals surface area contributed by atoms with Crippen molar-refractivity contribution in [1.29, 1.82) is 0 Å². The molecule has 1 saturated heterocycles. The van der Waals surface area contributed by atoms with Crippen molar-refractivity contribution < 1.29 is 0 Å². The SMILES string of the molecule is Cc1[nH]c(=O)[nH]c(=O)c1-c1ccc([C@@H](C)N2CCCC2)cc1. The summed E-state index contributed by atoms with van der Waals surface area (Å²) in [7, 11) is 0. The smallest absolute Gasteiger partial charge is 0.311 e. The van der Waals surface area contributed by atoms with Crippen LogP contribution in [0.15, 0.2) is 33.9 Å². The topological polar surface area (TPSA) is 69.0 Å². The van der Waals surface area contributed by atoms with Gasteiger partial charge in [0.2, 0.25) is 0 Å². The quantitative estimate of drug-likeness (QED) is 0.913. The molecule has 1 aromatic carbocycles. The van der Waals surface area contributed by atoms with E-state index in [4.69, 9.17) is 0 Å². The van der Waals surface area contributed by atoms with Gasteiger partial charge in [0.25, 0.3) is 5.56 Å². The highest BCUT2D eigenvalue weighted by Gasteiger charge is 2.19. The van der Waals surface area contributed by atoms with Gasteiger partial charge >= 0.3 is 5.69 Å². The Morgan fingerprint density at radius 3 is 2.27 bits per heavy atom. The zero-order valence-electron chi connectivity index (χ0n) is 13.0. The van der Waals surface area contributed by atoms with E-state index in [0.29, 0.717) is 17.3 Å². The van der Waals surface area contributed by atoms with Crippen molar-refractivity contribution in [3.8, 4) is 11.1 Å². The summed E-state index contributed by atoms with van der Waals surface area (Å²) in [6.45, 7) is 6.27. The summed E-state index contributed by atoms with van der Waals surface area (Å²) < 4.78 is 0. The monoisotopic (exact) mass is 299 g/mol. The van der Waals surface area contributed by atoms with Gasteiger partial charge in [-0.2, -0.15) is 0 Å². The van der Waals surface area contributed by atoms with Crippen LogP contribution in [0.2, 0.25) is 0 Å². The van der Waals surface area contributed by atoms with E-state index >= 15 is 0 Å². The molecule has 22 heavy (non-hydrogen) atoms. The average molecular weight is 299 g/mol. The van der Waals surface area contributed by atoms with Gasteiger partial charge in [-0.25, -0.2) is 4.79 Å². The Morgan fingerprint density at radius 2 is 1.68 bits per heavy atom. The zero-order chi connectivity index (χ0) is 15.7. The van der Waals surface area contributed by atoms with Gasteiger partial charge in [-0.1, -0.05) is 24.3 Å².